The maximum atomic E-state index is 13.1. The van der Waals surface area contributed by atoms with Crippen LogP contribution in [0, 0.1) is 5.82 Å². The Kier molecular flexibility index (Phi) is 5.45. The molecule has 1 aliphatic rings. The van der Waals surface area contributed by atoms with Gasteiger partial charge in [0, 0.05) is 19.4 Å². The van der Waals surface area contributed by atoms with E-state index in [1.165, 1.54) is 12.1 Å². The van der Waals surface area contributed by atoms with E-state index in [1.54, 1.807) is 17.0 Å². The second-order valence-electron chi connectivity index (χ2n) is 7.02. The van der Waals surface area contributed by atoms with E-state index in [1.807, 2.05) is 30.3 Å². The molecule has 2 heterocycles. The zero-order valence-electron chi connectivity index (χ0n) is 15.6. The molecule has 0 radical (unpaired) electrons. The van der Waals surface area contributed by atoms with Gasteiger partial charge in [0.05, 0.1) is 17.8 Å². The average molecular weight is 412 g/mol. The number of H-pyrrole nitrogens is 1. The monoisotopic (exact) mass is 411 g/mol. The van der Waals surface area contributed by atoms with Crippen LogP contribution in [0.5, 0.6) is 0 Å². The van der Waals surface area contributed by atoms with E-state index in [9.17, 15) is 14.0 Å². The number of carbonyl (C=O) groups excluding carboxylic acids is 1. The number of carbonyl (C=O) groups is 1. The number of aromatic amines is 1. The Hall–Kier alpha value is -2.99. The van der Waals surface area contributed by atoms with Crippen molar-refractivity contribution >= 4 is 17.5 Å². The Balaban J connectivity index is 1.52. The summed E-state index contributed by atoms with van der Waals surface area (Å²) in [4.78, 5) is 34.4. The van der Waals surface area contributed by atoms with Gasteiger partial charge in [-0.15, -0.1) is 11.6 Å². The number of nitrogens with zero attached hydrogens (tertiary/aromatic N) is 2. The van der Waals surface area contributed by atoms with Gasteiger partial charge in [-0.1, -0.05) is 42.5 Å². The highest BCUT2D eigenvalue weighted by Crippen LogP contribution is 2.25. The molecule has 29 heavy (non-hydrogen) atoms. The van der Waals surface area contributed by atoms with Crippen LogP contribution in [0.25, 0.3) is 0 Å². The second-order valence-corrected chi connectivity index (χ2v) is 7.46. The molecule has 1 atom stereocenters. The number of fused-ring (bicyclic) bond motifs is 1. The number of hydrogen-bond donors (Lipinski definition) is 1. The third-order valence-electron chi connectivity index (χ3n) is 5.02. The van der Waals surface area contributed by atoms with Crippen molar-refractivity contribution in [3.8, 4) is 0 Å². The van der Waals surface area contributed by atoms with Crippen LogP contribution in [-0.4, -0.2) is 27.3 Å². The predicted molar refractivity (Wildman–Crippen MR) is 108 cm³/mol. The van der Waals surface area contributed by atoms with Crippen LogP contribution in [0.1, 0.15) is 33.6 Å². The first-order valence-corrected chi connectivity index (χ1v) is 9.78. The lowest BCUT2D eigenvalue weighted by molar-refractivity contribution is -0.131. The van der Waals surface area contributed by atoms with Gasteiger partial charge in [-0.2, -0.15) is 0 Å². The van der Waals surface area contributed by atoms with E-state index in [0.717, 1.165) is 11.1 Å². The van der Waals surface area contributed by atoms with E-state index in [2.05, 4.69) is 9.97 Å². The summed E-state index contributed by atoms with van der Waals surface area (Å²) in [6.07, 6.45) is 0.892. The van der Waals surface area contributed by atoms with Gasteiger partial charge >= 0.3 is 0 Å². The molecule has 2 aromatic carbocycles. The molecule has 1 N–H and O–H groups in total. The van der Waals surface area contributed by atoms with Crippen LogP contribution < -0.4 is 5.56 Å². The van der Waals surface area contributed by atoms with E-state index >= 15 is 0 Å². The summed E-state index contributed by atoms with van der Waals surface area (Å²) in [6.45, 7) is 0.637. The Bertz CT molecular complexity index is 1080. The van der Waals surface area contributed by atoms with E-state index < -0.39 is 5.38 Å². The molecule has 0 bridgehead atoms. The molecule has 0 spiro atoms. The van der Waals surface area contributed by atoms with Gasteiger partial charge in [0.15, 0.2) is 0 Å². The van der Waals surface area contributed by atoms with Crippen molar-refractivity contribution in [2.24, 2.45) is 0 Å². The Morgan fingerprint density at radius 2 is 1.90 bits per heavy atom. The van der Waals surface area contributed by atoms with Gasteiger partial charge in [0.1, 0.15) is 17.0 Å². The van der Waals surface area contributed by atoms with Crippen LogP contribution in [0.15, 0.2) is 59.4 Å². The van der Waals surface area contributed by atoms with Crippen molar-refractivity contribution in [1.82, 2.24) is 14.9 Å². The number of benzene rings is 2. The van der Waals surface area contributed by atoms with Crippen LogP contribution >= 0.6 is 11.6 Å². The molecule has 0 saturated carbocycles. The van der Waals surface area contributed by atoms with Crippen molar-refractivity contribution < 1.29 is 9.18 Å². The number of halogens is 2. The van der Waals surface area contributed by atoms with E-state index in [-0.39, 0.29) is 23.8 Å². The van der Waals surface area contributed by atoms with Crippen LogP contribution in [0.2, 0.25) is 0 Å². The van der Waals surface area contributed by atoms with Crippen molar-refractivity contribution in [1.29, 1.82) is 0 Å². The van der Waals surface area contributed by atoms with Gasteiger partial charge in [-0.05, 0) is 23.3 Å². The highest BCUT2D eigenvalue weighted by molar-refractivity contribution is 6.30. The lowest BCUT2D eigenvalue weighted by Gasteiger charge is -2.29. The average Bonchev–Trinajstić information content (AvgIpc) is 2.75. The highest BCUT2D eigenvalue weighted by Gasteiger charge is 2.29. The number of alkyl halides is 1. The van der Waals surface area contributed by atoms with Gasteiger partial charge in [-0.25, -0.2) is 9.37 Å². The van der Waals surface area contributed by atoms with Gasteiger partial charge in [0.25, 0.3) is 5.56 Å². The van der Waals surface area contributed by atoms with Crippen LogP contribution in [0.3, 0.4) is 0 Å². The predicted octanol–water partition coefficient (Wildman–Crippen LogP) is 3.36. The van der Waals surface area contributed by atoms with Crippen molar-refractivity contribution in [3.05, 3.63) is 99.0 Å². The second kappa shape index (κ2) is 8.17. The quantitative estimate of drug-likeness (QED) is 0.669. The summed E-state index contributed by atoms with van der Waals surface area (Å²) in [5, 5.41) is -0.789. The summed E-state index contributed by atoms with van der Waals surface area (Å²) in [5.41, 5.74) is 2.52. The van der Waals surface area contributed by atoms with E-state index in [4.69, 9.17) is 11.6 Å². The third kappa shape index (κ3) is 4.22. The number of nitrogens with one attached hydrogen (secondary N) is 1. The molecule has 1 aliphatic heterocycles. The Morgan fingerprint density at radius 3 is 2.62 bits per heavy atom. The number of hydrogen-bond acceptors (Lipinski definition) is 3. The van der Waals surface area contributed by atoms with Gasteiger partial charge in [0.2, 0.25) is 5.91 Å². The summed E-state index contributed by atoms with van der Waals surface area (Å²) in [6, 6.07) is 15.2. The topological polar surface area (TPSA) is 66.1 Å². The zero-order valence-corrected chi connectivity index (χ0v) is 16.3. The summed E-state index contributed by atoms with van der Waals surface area (Å²) >= 11 is 6.36. The smallest absolute Gasteiger partial charge is 0.256 e. The maximum absolute atomic E-state index is 13.1. The molecule has 1 aromatic heterocycles. The summed E-state index contributed by atoms with van der Waals surface area (Å²) < 4.78 is 13.1. The first kappa shape index (κ1) is 19.3. The first-order chi connectivity index (χ1) is 14.0. The first-order valence-electron chi connectivity index (χ1n) is 9.34. The minimum atomic E-state index is -0.789. The SMILES string of the molecule is O=C([C@@H](Cl)c1ccccc1)N1CCc2nc(Cc3ccc(F)cc3)[nH]c(=O)c2C1. The molecule has 7 heteroatoms. The molecule has 4 rings (SSSR count). The lowest BCUT2D eigenvalue weighted by Crippen LogP contribution is -2.41. The normalized spacial score (nSPS) is 14.3. The van der Waals surface area contributed by atoms with Gasteiger partial charge < -0.3 is 9.88 Å². The third-order valence-corrected chi connectivity index (χ3v) is 5.46. The molecule has 0 unspecified atom stereocenters. The van der Waals surface area contributed by atoms with Gasteiger partial charge in [-0.3, -0.25) is 9.59 Å². The molecule has 5 nitrogen and oxygen atoms in total. The number of amides is 1. The Morgan fingerprint density at radius 1 is 1.17 bits per heavy atom. The fourth-order valence-corrected chi connectivity index (χ4v) is 3.75. The molecule has 1 amide bonds. The van der Waals surface area contributed by atoms with Crippen molar-refractivity contribution in [2.45, 2.75) is 24.8 Å². The molecular weight excluding hydrogens is 393 g/mol. The molecular formula is C22H19ClFN3O2. The zero-order chi connectivity index (χ0) is 20.4. The lowest BCUT2D eigenvalue weighted by atomic mass is 10.0. The van der Waals surface area contributed by atoms with Crippen LogP contribution in [0.4, 0.5) is 4.39 Å². The van der Waals surface area contributed by atoms with Crippen molar-refractivity contribution in [3.63, 3.8) is 0 Å². The fraction of sp³-hybridized carbons (Fsp3) is 0.227. The minimum Gasteiger partial charge on any atom is -0.336 e. The molecule has 3 aromatic rings. The summed E-state index contributed by atoms with van der Waals surface area (Å²) in [5.74, 6) is -0.00329. The van der Waals surface area contributed by atoms with Crippen LogP contribution in [-0.2, 0) is 24.2 Å². The minimum absolute atomic E-state index is 0.184. The standard InChI is InChI=1S/C22H19ClFN3O2/c23-20(15-4-2-1-3-5-15)22(29)27-11-10-18-17(13-27)21(28)26-19(25-18)12-14-6-8-16(24)9-7-14/h1-9,20H,10-13H2,(H,25,26,28)/t20-/m0/s1. The van der Waals surface area contributed by atoms with Crippen molar-refractivity contribution in [2.75, 3.05) is 6.54 Å². The maximum Gasteiger partial charge on any atom is 0.256 e. The Labute approximate surface area is 172 Å². The molecule has 148 valence electrons. The highest BCUT2D eigenvalue weighted by atomic mass is 35.5. The largest absolute Gasteiger partial charge is 0.336 e. The number of aromatic nitrogens is 2. The van der Waals surface area contributed by atoms with E-state index in [0.29, 0.717) is 36.5 Å². The molecule has 0 aliphatic carbocycles. The fourth-order valence-electron chi connectivity index (χ4n) is 3.47. The number of rotatable bonds is 4. The summed E-state index contributed by atoms with van der Waals surface area (Å²) in [7, 11) is 0. The molecule has 0 fully saturated rings. The molecule has 0 saturated heterocycles.